The van der Waals surface area contributed by atoms with Gasteiger partial charge in [-0.1, -0.05) is 0 Å². The van der Waals surface area contributed by atoms with Gasteiger partial charge in [-0.15, -0.1) is 0 Å². The van der Waals surface area contributed by atoms with Crippen LogP contribution < -0.4 is 0 Å². The lowest BCUT2D eigenvalue weighted by atomic mass is 10.0. The van der Waals surface area contributed by atoms with E-state index in [1.54, 1.807) is 20.8 Å². The molecule has 0 bridgehead atoms. The van der Waals surface area contributed by atoms with Crippen LogP contribution in [-0.4, -0.2) is 35.7 Å². The predicted molar refractivity (Wildman–Crippen MR) is 47.4 cm³/mol. The van der Waals surface area contributed by atoms with Crippen LogP contribution in [0.3, 0.4) is 0 Å². The third-order valence-electron chi connectivity index (χ3n) is 1.85. The molecule has 1 fully saturated rings. The molecule has 0 unspecified atom stereocenters. The Kier molecular flexibility index (Phi) is 2.78. The van der Waals surface area contributed by atoms with E-state index in [4.69, 9.17) is 4.74 Å². The fourth-order valence-electron chi connectivity index (χ4n) is 1.10. The van der Waals surface area contributed by atoms with E-state index >= 15 is 0 Å². The van der Waals surface area contributed by atoms with Crippen LogP contribution in [0, 0.1) is 5.92 Å². The minimum absolute atomic E-state index is 0.129. The third kappa shape index (κ3) is 2.68. The molecule has 1 rings (SSSR count). The molecule has 1 aliphatic heterocycles. The molecule has 1 saturated heterocycles. The number of carbonyl (C=O) groups excluding carboxylic acids is 2. The summed E-state index contributed by atoms with van der Waals surface area (Å²) < 4.78 is 17.1. The highest BCUT2D eigenvalue weighted by atomic mass is 19.1. The molecule has 0 spiro atoms. The molecule has 4 nitrogen and oxygen atoms in total. The maximum atomic E-state index is 12.1. The van der Waals surface area contributed by atoms with Gasteiger partial charge in [-0.25, -0.2) is 4.79 Å². The minimum Gasteiger partial charge on any atom is -0.444 e. The Balaban J connectivity index is 2.34. The van der Waals surface area contributed by atoms with Crippen LogP contribution in [0.4, 0.5) is 9.18 Å². The summed E-state index contributed by atoms with van der Waals surface area (Å²) in [4.78, 5) is 22.8. The van der Waals surface area contributed by atoms with Crippen molar-refractivity contribution in [2.45, 2.75) is 26.4 Å². The first-order chi connectivity index (χ1) is 6.29. The summed E-state index contributed by atoms with van der Waals surface area (Å²) in [6.45, 7) is 5.52. The fraction of sp³-hybridized carbons (Fsp3) is 0.778. The summed E-state index contributed by atoms with van der Waals surface area (Å²) in [6.07, 6.45) is -0.491. The zero-order chi connectivity index (χ0) is 10.9. The summed E-state index contributed by atoms with van der Waals surface area (Å²) >= 11 is 0. The van der Waals surface area contributed by atoms with Crippen molar-refractivity contribution < 1.29 is 18.7 Å². The summed E-state index contributed by atoms with van der Waals surface area (Å²) in [5.41, 5.74) is -0.554. The molecule has 5 heteroatoms. The highest BCUT2D eigenvalue weighted by Gasteiger charge is 2.37. The molecule has 0 saturated carbocycles. The Bertz CT molecular complexity index is 253. The van der Waals surface area contributed by atoms with Gasteiger partial charge in [0.05, 0.1) is 5.92 Å². The molecular formula is C9H14FNO3. The molecule has 0 atom stereocenters. The van der Waals surface area contributed by atoms with E-state index in [9.17, 15) is 14.0 Å². The van der Waals surface area contributed by atoms with Crippen molar-refractivity contribution >= 4 is 12.1 Å². The standard InChI is InChI=1S/C9H14FNO3/c1-9(2,3)14-8(13)11-4-6(5-11)7(10)12/h6H,4-5H2,1-3H3. The first-order valence-corrected chi connectivity index (χ1v) is 4.47. The average molecular weight is 203 g/mol. The van der Waals surface area contributed by atoms with Gasteiger partial charge in [0.1, 0.15) is 5.60 Å². The summed E-state index contributed by atoms with van der Waals surface area (Å²) in [7, 11) is 0. The van der Waals surface area contributed by atoms with Gasteiger partial charge in [-0.3, -0.25) is 4.79 Å². The second-order valence-corrected chi connectivity index (χ2v) is 4.39. The molecule has 1 heterocycles. The molecule has 0 aliphatic carbocycles. The zero-order valence-corrected chi connectivity index (χ0v) is 8.54. The first-order valence-electron chi connectivity index (χ1n) is 4.47. The van der Waals surface area contributed by atoms with E-state index in [1.807, 2.05) is 0 Å². The largest absolute Gasteiger partial charge is 0.444 e. The Labute approximate surface area is 82.0 Å². The van der Waals surface area contributed by atoms with Crippen LogP contribution in [0.15, 0.2) is 0 Å². The molecular weight excluding hydrogens is 189 g/mol. The Morgan fingerprint density at radius 1 is 1.36 bits per heavy atom. The fourth-order valence-corrected chi connectivity index (χ4v) is 1.10. The molecule has 1 amide bonds. The van der Waals surface area contributed by atoms with E-state index in [-0.39, 0.29) is 13.1 Å². The Hall–Kier alpha value is -1.13. The zero-order valence-electron chi connectivity index (χ0n) is 8.54. The lowest BCUT2D eigenvalue weighted by Crippen LogP contribution is -2.53. The average Bonchev–Trinajstić information content (AvgIpc) is 1.75. The van der Waals surface area contributed by atoms with Gasteiger partial charge in [-0.2, -0.15) is 4.39 Å². The van der Waals surface area contributed by atoms with Gasteiger partial charge < -0.3 is 9.64 Å². The van der Waals surface area contributed by atoms with Crippen LogP contribution in [0.5, 0.6) is 0 Å². The van der Waals surface area contributed by atoms with Crippen molar-refractivity contribution in [3.63, 3.8) is 0 Å². The van der Waals surface area contributed by atoms with Crippen molar-refractivity contribution in [2.75, 3.05) is 13.1 Å². The molecule has 0 aromatic carbocycles. The van der Waals surface area contributed by atoms with Crippen molar-refractivity contribution in [2.24, 2.45) is 5.92 Å². The first kappa shape index (κ1) is 10.9. The highest BCUT2D eigenvalue weighted by Crippen LogP contribution is 2.20. The number of halogens is 1. The summed E-state index contributed by atoms with van der Waals surface area (Å²) in [5.74, 6) is -0.650. The van der Waals surface area contributed by atoms with Crippen LogP contribution >= 0.6 is 0 Å². The topological polar surface area (TPSA) is 46.6 Å². The molecule has 0 aromatic rings. The van der Waals surface area contributed by atoms with E-state index < -0.39 is 23.6 Å². The second-order valence-electron chi connectivity index (χ2n) is 4.39. The predicted octanol–water partition coefficient (Wildman–Crippen LogP) is 1.35. The lowest BCUT2D eigenvalue weighted by Gasteiger charge is -2.37. The summed E-state index contributed by atoms with van der Waals surface area (Å²) in [5, 5.41) is 0. The van der Waals surface area contributed by atoms with Crippen molar-refractivity contribution in [1.29, 1.82) is 0 Å². The van der Waals surface area contributed by atoms with Crippen LogP contribution in [0.1, 0.15) is 20.8 Å². The number of amides is 1. The van der Waals surface area contributed by atoms with Gasteiger partial charge in [0.15, 0.2) is 0 Å². The lowest BCUT2D eigenvalue weighted by molar-refractivity contribution is -0.138. The number of hydrogen-bond acceptors (Lipinski definition) is 3. The van der Waals surface area contributed by atoms with Gasteiger partial charge >= 0.3 is 12.1 Å². The van der Waals surface area contributed by atoms with Crippen molar-refractivity contribution in [3.05, 3.63) is 0 Å². The number of hydrogen-bond donors (Lipinski definition) is 0. The molecule has 0 aromatic heterocycles. The molecule has 80 valence electrons. The third-order valence-corrected chi connectivity index (χ3v) is 1.85. The van der Waals surface area contributed by atoms with Crippen LogP contribution in [0.25, 0.3) is 0 Å². The molecule has 14 heavy (non-hydrogen) atoms. The Morgan fingerprint density at radius 2 is 1.86 bits per heavy atom. The molecule has 1 aliphatic rings. The quantitative estimate of drug-likeness (QED) is 0.604. The molecule has 0 radical (unpaired) electrons. The van der Waals surface area contributed by atoms with Crippen LogP contribution in [-0.2, 0) is 9.53 Å². The van der Waals surface area contributed by atoms with Crippen molar-refractivity contribution in [1.82, 2.24) is 4.90 Å². The smallest absolute Gasteiger partial charge is 0.410 e. The number of nitrogens with zero attached hydrogens (tertiary/aromatic N) is 1. The number of likely N-dealkylation sites (tertiary alicyclic amines) is 1. The summed E-state index contributed by atoms with van der Waals surface area (Å²) in [6, 6.07) is -1.36. The van der Waals surface area contributed by atoms with Crippen molar-refractivity contribution in [3.8, 4) is 0 Å². The highest BCUT2D eigenvalue weighted by molar-refractivity contribution is 5.77. The monoisotopic (exact) mass is 203 g/mol. The SMILES string of the molecule is CC(C)(C)OC(=O)N1CC(C(=O)F)C1. The Morgan fingerprint density at radius 3 is 2.21 bits per heavy atom. The second kappa shape index (κ2) is 3.55. The normalized spacial score (nSPS) is 17.6. The van der Waals surface area contributed by atoms with Gasteiger partial charge in [0, 0.05) is 13.1 Å². The van der Waals surface area contributed by atoms with Gasteiger partial charge in [0.2, 0.25) is 0 Å². The van der Waals surface area contributed by atoms with E-state index in [1.165, 1.54) is 4.90 Å². The van der Waals surface area contributed by atoms with Gasteiger partial charge in [0.25, 0.3) is 0 Å². The van der Waals surface area contributed by atoms with Crippen LogP contribution in [0.2, 0.25) is 0 Å². The van der Waals surface area contributed by atoms with E-state index in [2.05, 4.69) is 0 Å². The number of ether oxygens (including phenoxy) is 1. The van der Waals surface area contributed by atoms with E-state index in [0.29, 0.717) is 0 Å². The maximum absolute atomic E-state index is 12.1. The number of carbonyl (C=O) groups is 2. The molecule has 0 N–H and O–H groups in total. The number of rotatable bonds is 1. The van der Waals surface area contributed by atoms with E-state index in [0.717, 1.165) is 0 Å². The maximum Gasteiger partial charge on any atom is 0.410 e. The van der Waals surface area contributed by atoms with Gasteiger partial charge in [-0.05, 0) is 20.8 Å². The minimum atomic E-state index is -1.36.